The summed E-state index contributed by atoms with van der Waals surface area (Å²) in [6, 6.07) is 3.42. The zero-order valence-corrected chi connectivity index (χ0v) is 16.0. The van der Waals surface area contributed by atoms with Crippen LogP contribution in [0, 0.1) is 0 Å². The fraction of sp³-hybridized carbons (Fsp3) is 0.267. The fourth-order valence-corrected chi connectivity index (χ4v) is 3.05. The number of nitrogens with zero attached hydrogens (tertiary/aromatic N) is 4. The smallest absolute Gasteiger partial charge is 0.389 e. The van der Waals surface area contributed by atoms with E-state index in [-0.39, 0.29) is 24.1 Å². The van der Waals surface area contributed by atoms with E-state index in [9.17, 15) is 13.2 Å². The van der Waals surface area contributed by atoms with Crippen LogP contribution in [0.4, 0.5) is 13.2 Å². The summed E-state index contributed by atoms with van der Waals surface area (Å²) in [5.41, 5.74) is 0.449. The number of rotatable bonds is 5. The Bertz CT molecular complexity index is 931. The molecule has 0 radical (unpaired) electrons. The lowest BCUT2D eigenvalue weighted by Crippen LogP contribution is -2.10. The summed E-state index contributed by atoms with van der Waals surface area (Å²) in [4.78, 5) is 7.91. The van der Waals surface area contributed by atoms with Crippen LogP contribution in [0.3, 0.4) is 0 Å². The fourth-order valence-electron chi connectivity index (χ4n) is 2.31. The normalized spacial score (nSPS) is 11.9. The number of aromatic nitrogens is 4. The van der Waals surface area contributed by atoms with Gasteiger partial charge in [0.2, 0.25) is 0 Å². The van der Waals surface area contributed by atoms with Crippen LogP contribution in [0.25, 0.3) is 10.9 Å². The average Bonchev–Trinajstić information content (AvgIpc) is 2.87. The maximum absolute atomic E-state index is 12.4. The first-order valence-corrected chi connectivity index (χ1v) is 8.86. The lowest BCUT2D eigenvalue weighted by molar-refractivity contribution is -0.135. The maximum atomic E-state index is 12.4. The second-order valence-corrected chi connectivity index (χ2v) is 6.94. The van der Waals surface area contributed by atoms with Crippen molar-refractivity contribution in [3.63, 3.8) is 0 Å². The van der Waals surface area contributed by atoms with E-state index in [0.29, 0.717) is 26.1 Å². The van der Waals surface area contributed by atoms with Gasteiger partial charge in [-0.2, -0.15) is 18.3 Å². The molecular formula is C15H10BrCl2F3N4O. The molecule has 0 saturated heterocycles. The summed E-state index contributed by atoms with van der Waals surface area (Å²) >= 11 is 15.2. The van der Waals surface area contributed by atoms with Gasteiger partial charge in [0.25, 0.3) is 0 Å². The first-order valence-electron chi connectivity index (χ1n) is 7.31. The van der Waals surface area contributed by atoms with E-state index in [1.54, 1.807) is 12.1 Å². The highest BCUT2D eigenvalue weighted by Crippen LogP contribution is 2.39. The number of hydrogen-bond acceptors (Lipinski definition) is 4. The molecular weight excluding hydrogens is 460 g/mol. The predicted molar refractivity (Wildman–Crippen MR) is 94.8 cm³/mol. The van der Waals surface area contributed by atoms with E-state index in [4.69, 9.17) is 27.9 Å². The number of aryl methyl sites for hydroxylation is 1. The van der Waals surface area contributed by atoms with E-state index < -0.39 is 12.6 Å². The molecule has 1 aromatic carbocycles. The molecule has 5 nitrogen and oxygen atoms in total. The summed E-state index contributed by atoms with van der Waals surface area (Å²) in [5, 5.41) is 5.18. The molecule has 0 fully saturated rings. The van der Waals surface area contributed by atoms with Crippen molar-refractivity contribution in [2.24, 2.45) is 0 Å². The van der Waals surface area contributed by atoms with Gasteiger partial charge in [0, 0.05) is 18.4 Å². The molecule has 0 aliphatic rings. The maximum Gasteiger partial charge on any atom is 0.389 e. The van der Waals surface area contributed by atoms with Crippen LogP contribution in [0.15, 0.2) is 29.0 Å². The van der Waals surface area contributed by atoms with Gasteiger partial charge < -0.3 is 4.74 Å². The van der Waals surface area contributed by atoms with Gasteiger partial charge in [0.1, 0.15) is 5.52 Å². The minimum atomic E-state index is -4.23. The summed E-state index contributed by atoms with van der Waals surface area (Å²) in [7, 11) is 0. The summed E-state index contributed by atoms with van der Waals surface area (Å²) in [6.45, 7) is 0.0248. The number of alkyl halides is 3. The van der Waals surface area contributed by atoms with E-state index in [1.165, 1.54) is 17.1 Å². The van der Waals surface area contributed by atoms with E-state index in [0.717, 1.165) is 0 Å². The number of ether oxygens (including phenoxy) is 1. The molecule has 2 heterocycles. The van der Waals surface area contributed by atoms with Crippen LogP contribution in [0.5, 0.6) is 11.8 Å². The van der Waals surface area contributed by atoms with E-state index in [1.807, 2.05) is 0 Å². The van der Waals surface area contributed by atoms with Crippen LogP contribution < -0.4 is 4.74 Å². The monoisotopic (exact) mass is 468 g/mol. The van der Waals surface area contributed by atoms with Crippen molar-refractivity contribution in [2.45, 2.75) is 25.6 Å². The first kappa shape index (κ1) is 19.2. The van der Waals surface area contributed by atoms with Crippen molar-refractivity contribution in [2.75, 3.05) is 0 Å². The zero-order valence-electron chi connectivity index (χ0n) is 12.9. The van der Waals surface area contributed by atoms with E-state index >= 15 is 0 Å². The van der Waals surface area contributed by atoms with Gasteiger partial charge in [-0.15, -0.1) is 0 Å². The summed E-state index contributed by atoms with van der Waals surface area (Å²) in [6.07, 6.45) is -2.56. The lowest BCUT2D eigenvalue weighted by Gasteiger charge is -2.11. The second-order valence-electron chi connectivity index (χ2n) is 5.29. The predicted octanol–water partition coefficient (Wildman–Crippen LogP) is 6.03. The van der Waals surface area contributed by atoms with Gasteiger partial charge in [-0.3, -0.25) is 4.68 Å². The van der Waals surface area contributed by atoms with Gasteiger partial charge in [0.05, 0.1) is 21.9 Å². The SMILES string of the molecule is FC(F)(F)CCCn1nc(Cl)c2ccc(Br)c(Oc3ncc(Cl)cn3)c21. The third-order valence-corrected chi connectivity index (χ3v) is 4.49. The molecule has 2 aromatic heterocycles. The van der Waals surface area contributed by atoms with Crippen molar-refractivity contribution in [1.82, 2.24) is 19.7 Å². The standard InChI is InChI=1S/C15H10BrCl2F3N4O/c16-10-3-2-9-11(12(10)26-14-22-6-8(17)7-23-14)25(24-13(9)18)5-1-4-15(19,20)21/h2-3,6-7H,1,4-5H2. The van der Waals surface area contributed by atoms with Crippen molar-refractivity contribution in [1.29, 1.82) is 0 Å². The molecule has 0 bridgehead atoms. The molecule has 138 valence electrons. The van der Waals surface area contributed by atoms with Crippen LogP contribution in [0.1, 0.15) is 12.8 Å². The Morgan fingerprint density at radius 2 is 1.85 bits per heavy atom. The number of benzene rings is 1. The molecule has 26 heavy (non-hydrogen) atoms. The molecule has 0 spiro atoms. The highest BCUT2D eigenvalue weighted by Gasteiger charge is 2.27. The molecule has 0 amide bonds. The molecule has 0 aliphatic carbocycles. The second kappa shape index (κ2) is 7.58. The summed E-state index contributed by atoms with van der Waals surface area (Å²) in [5.74, 6) is 0.302. The van der Waals surface area contributed by atoms with Gasteiger partial charge in [-0.1, -0.05) is 23.2 Å². The molecule has 3 rings (SSSR count). The Hall–Kier alpha value is -1.58. The first-order chi connectivity index (χ1) is 12.2. The van der Waals surface area contributed by atoms with Gasteiger partial charge in [0.15, 0.2) is 10.9 Å². The van der Waals surface area contributed by atoms with Crippen LogP contribution in [-0.4, -0.2) is 25.9 Å². The number of fused-ring (bicyclic) bond motifs is 1. The van der Waals surface area contributed by atoms with Gasteiger partial charge >= 0.3 is 12.2 Å². The molecule has 0 N–H and O–H groups in total. The Balaban J connectivity index is 1.98. The molecule has 0 unspecified atom stereocenters. The molecule has 11 heteroatoms. The van der Waals surface area contributed by atoms with Crippen molar-refractivity contribution in [3.8, 4) is 11.8 Å². The highest BCUT2D eigenvalue weighted by atomic mass is 79.9. The minimum absolute atomic E-state index is 0.0248. The quantitative estimate of drug-likeness (QED) is 0.457. The molecule has 3 aromatic rings. The Morgan fingerprint density at radius 1 is 1.15 bits per heavy atom. The number of hydrogen-bond donors (Lipinski definition) is 0. The topological polar surface area (TPSA) is 52.8 Å². The van der Waals surface area contributed by atoms with E-state index in [2.05, 4.69) is 31.0 Å². The lowest BCUT2D eigenvalue weighted by atomic mass is 10.2. The zero-order chi connectivity index (χ0) is 18.9. The van der Waals surface area contributed by atoms with Crippen LogP contribution in [0.2, 0.25) is 10.2 Å². The van der Waals surface area contributed by atoms with Crippen molar-refractivity contribution < 1.29 is 17.9 Å². The third kappa shape index (κ3) is 4.39. The Morgan fingerprint density at radius 3 is 2.50 bits per heavy atom. The highest BCUT2D eigenvalue weighted by molar-refractivity contribution is 9.10. The summed E-state index contributed by atoms with van der Waals surface area (Å²) < 4.78 is 44.9. The largest absolute Gasteiger partial charge is 0.421 e. The van der Waals surface area contributed by atoms with Crippen molar-refractivity contribution in [3.05, 3.63) is 39.2 Å². The third-order valence-electron chi connectivity index (χ3n) is 3.39. The van der Waals surface area contributed by atoms with Gasteiger partial charge in [-0.25, -0.2) is 9.97 Å². The minimum Gasteiger partial charge on any atom is -0.421 e. The van der Waals surface area contributed by atoms with Crippen molar-refractivity contribution >= 4 is 50.0 Å². The van der Waals surface area contributed by atoms with Crippen LogP contribution in [-0.2, 0) is 6.54 Å². The Labute approximate surface area is 164 Å². The molecule has 0 atom stereocenters. The van der Waals surface area contributed by atoms with Gasteiger partial charge in [-0.05, 0) is 34.5 Å². The number of halogens is 6. The molecule has 0 aliphatic heterocycles. The molecule has 0 saturated carbocycles. The van der Waals surface area contributed by atoms with Crippen LogP contribution >= 0.6 is 39.1 Å². The Kier molecular flexibility index (Phi) is 5.59. The average molecular weight is 470 g/mol.